The predicted molar refractivity (Wildman–Crippen MR) is 83.7 cm³/mol. The number of benzene rings is 2. The van der Waals surface area contributed by atoms with Gasteiger partial charge in [-0.15, -0.1) is 0 Å². The van der Waals surface area contributed by atoms with Crippen molar-refractivity contribution in [1.82, 2.24) is 5.32 Å². The van der Waals surface area contributed by atoms with Crippen molar-refractivity contribution in [2.24, 2.45) is 0 Å². The SMILES string of the molecule is O=C(NCCc1ccc(OCc2ccccc2)cc1)C1CO1. The first-order valence-electron chi connectivity index (χ1n) is 7.46. The lowest BCUT2D eigenvalue weighted by Gasteiger charge is -2.08. The largest absolute Gasteiger partial charge is 0.489 e. The van der Waals surface area contributed by atoms with Gasteiger partial charge in [0.1, 0.15) is 12.4 Å². The molecule has 114 valence electrons. The molecule has 4 heteroatoms. The lowest BCUT2D eigenvalue weighted by atomic mass is 10.1. The molecule has 2 aromatic rings. The van der Waals surface area contributed by atoms with E-state index in [9.17, 15) is 4.79 Å². The van der Waals surface area contributed by atoms with E-state index >= 15 is 0 Å². The van der Waals surface area contributed by atoms with Crippen molar-refractivity contribution in [3.05, 3.63) is 65.7 Å². The Hall–Kier alpha value is -2.33. The Labute approximate surface area is 130 Å². The molecule has 1 aliphatic heterocycles. The van der Waals surface area contributed by atoms with E-state index in [4.69, 9.17) is 9.47 Å². The molecule has 0 radical (unpaired) electrons. The Bertz CT molecular complexity index is 606. The first kappa shape index (κ1) is 14.6. The summed E-state index contributed by atoms with van der Waals surface area (Å²) < 4.78 is 10.7. The Kier molecular flexibility index (Phi) is 4.71. The number of rotatable bonds is 7. The summed E-state index contributed by atoms with van der Waals surface area (Å²) in [5.74, 6) is 0.839. The van der Waals surface area contributed by atoms with Gasteiger partial charge in [0, 0.05) is 6.54 Å². The molecule has 0 aliphatic carbocycles. The second kappa shape index (κ2) is 7.09. The summed E-state index contributed by atoms with van der Waals surface area (Å²) in [5.41, 5.74) is 2.32. The highest BCUT2D eigenvalue weighted by Crippen LogP contribution is 2.14. The van der Waals surface area contributed by atoms with Crippen LogP contribution in [0.25, 0.3) is 0 Å². The molecule has 1 aliphatic rings. The van der Waals surface area contributed by atoms with Gasteiger partial charge in [-0.1, -0.05) is 42.5 Å². The van der Waals surface area contributed by atoms with Crippen molar-refractivity contribution in [3.8, 4) is 5.75 Å². The fourth-order valence-electron chi connectivity index (χ4n) is 2.14. The molecule has 1 N–H and O–H groups in total. The van der Waals surface area contributed by atoms with Crippen LogP contribution in [0.5, 0.6) is 5.75 Å². The number of amides is 1. The molecule has 1 fully saturated rings. The fourth-order valence-corrected chi connectivity index (χ4v) is 2.14. The maximum Gasteiger partial charge on any atom is 0.251 e. The number of hydrogen-bond acceptors (Lipinski definition) is 3. The van der Waals surface area contributed by atoms with Crippen LogP contribution in [-0.2, 0) is 22.6 Å². The second-order valence-corrected chi connectivity index (χ2v) is 5.28. The summed E-state index contributed by atoms with van der Waals surface area (Å²) in [5, 5.41) is 2.86. The van der Waals surface area contributed by atoms with Gasteiger partial charge in [-0.2, -0.15) is 0 Å². The van der Waals surface area contributed by atoms with Crippen molar-refractivity contribution in [2.45, 2.75) is 19.1 Å². The summed E-state index contributed by atoms with van der Waals surface area (Å²) >= 11 is 0. The van der Waals surface area contributed by atoms with Crippen LogP contribution < -0.4 is 10.1 Å². The van der Waals surface area contributed by atoms with Crippen LogP contribution in [0.3, 0.4) is 0 Å². The van der Waals surface area contributed by atoms with E-state index in [-0.39, 0.29) is 12.0 Å². The van der Waals surface area contributed by atoms with Gasteiger partial charge >= 0.3 is 0 Å². The lowest BCUT2D eigenvalue weighted by Crippen LogP contribution is -2.29. The molecule has 0 saturated carbocycles. The minimum Gasteiger partial charge on any atom is -0.489 e. The summed E-state index contributed by atoms with van der Waals surface area (Å²) in [6.07, 6.45) is 0.589. The minimum atomic E-state index is -0.214. The quantitative estimate of drug-likeness (QED) is 0.798. The van der Waals surface area contributed by atoms with Gasteiger partial charge in [-0.05, 0) is 29.7 Å². The van der Waals surface area contributed by atoms with Crippen LogP contribution in [0, 0.1) is 0 Å². The number of carbonyl (C=O) groups is 1. The van der Waals surface area contributed by atoms with E-state index in [0.717, 1.165) is 17.7 Å². The molecule has 0 bridgehead atoms. The fraction of sp³-hybridized carbons (Fsp3) is 0.278. The van der Waals surface area contributed by atoms with E-state index in [2.05, 4.69) is 5.32 Å². The standard InChI is InChI=1S/C18H19NO3/c20-18(17-13-22-17)19-11-10-14-6-8-16(9-7-14)21-12-15-4-2-1-3-5-15/h1-9,17H,10-13H2,(H,19,20). The molecule has 1 atom stereocenters. The molecule has 22 heavy (non-hydrogen) atoms. The van der Waals surface area contributed by atoms with Crippen LogP contribution in [0.4, 0.5) is 0 Å². The minimum absolute atomic E-state index is 0.0113. The molecule has 1 amide bonds. The van der Waals surface area contributed by atoms with Gasteiger partial charge < -0.3 is 14.8 Å². The first-order chi connectivity index (χ1) is 10.8. The average molecular weight is 297 g/mol. The third kappa shape index (κ3) is 4.33. The number of hydrogen-bond donors (Lipinski definition) is 1. The third-order valence-corrected chi connectivity index (χ3v) is 3.51. The zero-order valence-electron chi connectivity index (χ0n) is 12.3. The van der Waals surface area contributed by atoms with Crippen LogP contribution in [0.2, 0.25) is 0 Å². The summed E-state index contributed by atoms with van der Waals surface area (Å²) in [7, 11) is 0. The van der Waals surface area contributed by atoms with Gasteiger partial charge in [-0.25, -0.2) is 0 Å². The predicted octanol–water partition coefficient (Wildman–Crippen LogP) is 2.32. The number of ether oxygens (including phenoxy) is 2. The topological polar surface area (TPSA) is 50.9 Å². The van der Waals surface area contributed by atoms with Crippen molar-refractivity contribution < 1.29 is 14.3 Å². The lowest BCUT2D eigenvalue weighted by molar-refractivity contribution is -0.122. The van der Waals surface area contributed by atoms with Crippen molar-refractivity contribution in [3.63, 3.8) is 0 Å². The highest BCUT2D eigenvalue weighted by molar-refractivity contribution is 5.82. The molecule has 1 saturated heterocycles. The highest BCUT2D eigenvalue weighted by Gasteiger charge is 2.30. The number of epoxide rings is 1. The van der Waals surface area contributed by atoms with Gasteiger partial charge in [-0.3, -0.25) is 4.79 Å². The van der Waals surface area contributed by atoms with E-state index in [1.165, 1.54) is 5.56 Å². The Morgan fingerprint density at radius 3 is 2.50 bits per heavy atom. The molecule has 0 spiro atoms. The number of carbonyl (C=O) groups excluding carboxylic acids is 1. The van der Waals surface area contributed by atoms with Gasteiger partial charge in [0.25, 0.3) is 5.91 Å². The first-order valence-corrected chi connectivity index (χ1v) is 7.46. The maximum absolute atomic E-state index is 11.4. The summed E-state index contributed by atoms with van der Waals surface area (Å²) in [4.78, 5) is 11.4. The molecule has 4 nitrogen and oxygen atoms in total. The monoisotopic (exact) mass is 297 g/mol. The van der Waals surface area contributed by atoms with Crippen LogP contribution >= 0.6 is 0 Å². The van der Waals surface area contributed by atoms with Crippen molar-refractivity contribution in [2.75, 3.05) is 13.2 Å². The average Bonchev–Trinajstić information content (AvgIpc) is 3.40. The van der Waals surface area contributed by atoms with Gasteiger partial charge in [0.2, 0.25) is 0 Å². The molecule has 2 aromatic carbocycles. The van der Waals surface area contributed by atoms with Crippen LogP contribution in [0.1, 0.15) is 11.1 Å². The van der Waals surface area contributed by atoms with Gasteiger partial charge in [0.15, 0.2) is 6.10 Å². The highest BCUT2D eigenvalue weighted by atomic mass is 16.6. The molecule has 3 rings (SSSR count). The Morgan fingerprint density at radius 1 is 1.09 bits per heavy atom. The summed E-state index contributed by atoms with van der Waals surface area (Å²) in [6, 6.07) is 18.1. The van der Waals surface area contributed by atoms with E-state index in [1.807, 2.05) is 54.6 Å². The smallest absolute Gasteiger partial charge is 0.251 e. The van der Waals surface area contributed by atoms with E-state index < -0.39 is 0 Å². The van der Waals surface area contributed by atoms with Crippen molar-refractivity contribution >= 4 is 5.91 Å². The van der Waals surface area contributed by atoms with Crippen LogP contribution in [-0.4, -0.2) is 25.2 Å². The van der Waals surface area contributed by atoms with Crippen LogP contribution in [0.15, 0.2) is 54.6 Å². The van der Waals surface area contributed by atoms with E-state index in [0.29, 0.717) is 19.8 Å². The van der Waals surface area contributed by atoms with E-state index in [1.54, 1.807) is 0 Å². The summed E-state index contributed by atoms with van der Waals surface area (Å²) in [6.45, 7) is 1.75. The molecular formula is C18H19NO3. The normalized spacial score (nSPS) is 16.1. The number of nitrogens with one attached hydrogen (secondary N) is 1. The van der Waals surface area contributed by atoms with Gasteiger partial charge in [0.05, 0.1) is 6.61 Å². The zero-order chi connectivity index (χ0) is 15.2. The Morgan fingerprint density at radius 2 is 1.82 bits per heavy atom. The second-order valence-electron chi connectivity index (χ2n) is 5.28. The Balaban J connectivity index is 1.42. The molecule has 1 unspecified atom stereocenters. The third-order valence-electron chi connectivity index (χ3n) is 3.51. The molecular weight excluding hydrogens is 278 g/mol. The maximum atomic E-state index is 11.4. The van der Waals surface area contributed by atoms with Crippen molar-refractivity contribution in [1.29, 1.82) is 0 Å². The molecule has 0 aromatic heterocycles. The zero-order valence-corrected chi connectivity index (χ0v) is 12.3. The molecule has 1 heterocycles.